The topological polar surface area (TPSA) is 124 Å². The number of aromatic amines is 1. The van der Waals surface area contributed by atoms with Crippen LogP contribution in [0.1, 0.15) is 11.8 Å². The van der Waals surface area contributed by atoms with E-state index in [1.165, 1.54) is 23.5 Å². The van der Waals surface area contributed by atoms with E-state index >= 15 is 0 Å². The fraction of sp³-hybridized carbons (Fsp3) is 0.583. The van der Waals surface area contributed by atoms with Gasteiger partial charge in [-0.05, 0) is 12.5 Å². The Balaban J connectivity index is 2.08. The average molecular weight is 344 g/mol. The summed E-state index contributed by atoms with van der Waals surface area (Å²) in [6.07, 6.45) is -0.206. The van der Waals surface area contributed by atoms with Crippen molar-refractivity contribution in [1.82, 2.24) is 20.2 Å². The van der Waals surface area contributed by atoms with Gasteiger partial charge in [0, 0.05) is 0 Å². The van der Waals surface area contributed by atoms with Gasteiger partial charge in [-0.3, -0.25) is 5.10 Å². The third kappa shape index (κ3) is 2.49. The minimum absolute atomic E-state index is 0.373. The van der Waals surface area contributed by atoms with Gasteiger partial charge in [0.2, 0.25) is 0 Å². The van der Waals surface area contributed by atoms with Crippen molar-refractivity contribution in [3.63, 3.8) is 0 Å². The lowest BCUT2D eigenvalue weighted by molar-refractivity contribution is -0.0236. The number of rotatable bonds is 4. The lowest BCUT2D eigenvalue weighted by Crippen LogP contribution is -2.32. The van der Waals surface area contributed by atoms with Gasteiger partial charge in [-0.25, -0.2) is 9.97 Å². The summed E-state index contributed by atoms with van der Waals surface area (Å²) in [7, 11) is 0. The molecule has 3 heterocycles. The highest BCUT2D eigenvalue weighted by Crippen LogP contribution is 2.36. The Kier molecular flexibility index (Phi) is 4.57. The largest absolute Gasteiger partial charge is 0.394 e. The fourth-order valence-corrected chi connectivity index (χ4v) is 3.38. The molecule has 1 fully saturated rings. The van der Waals surface area contributed by atoms with Crippen molar-refractivity contribution >= 4 is 34.6 Å². The summed E-state index contributed by atoms with van der Waals surface area (Å²) < 4.78 is 5.54. The van der Waals surface area contributed by atoms with Crippen LogP contribution in [0.5, 0.6) is 0 Å². The molecule has 0 aliphatic carbocycles. The van der Waals surface area contributed by atoms with E-state index in [9.17, 15) is 15.3 Å². The molecule has 120 valence electrons. The maximum absolute atomic E-state index is 10.2. The first-order valence-electron chi connectivity index (χ1n) is 6.57. The van der Waals surface area contributed by atoms with E-state index in [-0.39, 0.29) is 6.61 Å². The molecular formula is C12H16N4O4S2. The normalized spacial score (nSPS) is 28.6. The molecule has 0 radical (unpaired) electrons. The Morgan fingerprint density at radius 3 is 2.50 bits per heavy atom. The summed E-state index contributed by atoms with van der Waals surface area (Å²) in [6, 6.07) is 0. The van der Waals surface area contributed by atoms with E-state index in [0.29, 0.717) is 21.9 Å². The zero-order chi connectivity index (χ0) is 15.9. The van der Waals surface area contributed by atoms with Gasteiger partial charge >= 0.3 is 0 Å². The van der Waals surface area contributed by atoms with E-state index in [4.69, 9.17) is 4.74 Å². The lowest BCUT2D eigenvalue weighted by Gasteiger charge is -2.13. The molecule has 2 aromatic heterocycles. The van der Waals surface area contributed by atoms with Gasteiger partial charge in [0.05, 0.1) is 12.3 Å². The molecule has 1 aliphatic heterocycles. The smallest absolute Gasteiger partial charge is 0.189 e. The molecule has 0 spiro atoms. The Hall–Kier alpha value is -0.910. The molecule has 0 aromatic carbocycles. The van der Waals surface area contributed by atoms with Crippen LogP contribution in [-0.4, -0.2) is 72.9 Å². The quantitative estimate of drug-likeness (QED) is 0.343. The molecule has 8 nitrogen and oxygen atoms in total. The highest BCUT2D eigenvalue weighted by molar-refractivity contribution is 7.99. The number of thioether (sulfide) groups is 2. The molecule has 4 atom stereocenters. The monoisotopic (exact) mass is 344 g/mol. The van der Waals surface area contributed by atoms with Crippen molar-refractivity contribution in [3.8, 4) is 0 Å². The number of nitrogens with one attached hydrogen (secondary N) is 1. The predicted octanol–water partition coefficient (Wildman–Crippen LogP) is -0.0493. The van der Waals surface area contributed by atoms with Crippen LogP contribution < -0.4 is 0 Å². The molecule has 2 aromatic rings. The van der Waals surface area contributed by atoms with Crippen molar-refractivity contribution in [3.05, 3.63) is 5.69 Å². The summed E-state index contributed by atoms with van der Waals surface area (Å²) in [5.41, 5.74) is 1.63. The fourth-order valence-electron chi connectivity index (χ4n) is 2.44. The number of fused-ring (bicyclic) bond motifs is 1. The summed E-state index contributed by atoms with van der Waals surface area (Å²) in [5.74, 6) is 0. The van der Waals surface area contributed by atoms with Crippen molar-refractivity contribution in [2.75, 3.05) is 19.1 Å². The SMILES string of the molecule is CSc1nc(SC)c2n[nH]c([C@@H]3O[C@H](CO)[C@@H](O)[C@H]3O)c2n1. The van der Waals surface area contributed by atoms with E-state index < -0.39 is 24.4 Å². The van der Waals surface area contributed by atoms with Crippen LogP contribution in [0.25, 0.3) is 11.0 Å². The van der Waals surface area contributed by atoms with E-state index in [0.717, 1.165) is 5.03 Å². The minimum Gasteiger partial charge on any atom is -0.394 e. The van der Waals surface area contributed by atoms with E-state index in [1.54, 1.807) is 0 Å². The number of nitrogens with zero attached hydrogens (tertiary/aromatic N) is 3. The van der Waals surface area contributed by atoms with Crippen LogP contribution in [0.4, 0.5) is 0 Å². The predicted molar refractivity (Wildman–Crippen MR) is 82.0 cm³/mol. The number of ether oxygens (including phenoxy) is 1. The van der Waals surface area contributed by atoms with Gasteiger partial charge in [-0.15, -0.1) is 11.8 Å². The van der Waals surface area contributed by atoms with Crippen LogP contribution >= 0.6 is 23.5 Å². The summed E-state index contributed by atoms with van der Waals surface area (Å²) in [6.45, 7) is -0.373. The Morgan fingerprint density at radius 1 is 1.14 bits per heavy atom. The first-order valence-corrected chi connectivity index (χ1v) is 9.02. The molecule has 0 amide bonds. The number of aliphatic hydroxyl groups excluding tert-OH is 3. The molecule has 0 bridgehead atoms. The minimum atomic E-state index is -1.16. The second kappa shape index (κ2) is 6.30. The maximum atomic E-state index is 10.2. The molecule has 0 unspecified atom stereocenters. The third-order valence-electron chi connectivity index (χ3n) is 3.58. The van der Waals surface area contributed by atoms with Gasteiger partial charge in [0.15, 0.2) is 5.16 Å². The summed E-state index contributed by atoms with van der Waals surface area (Å²) >= 11 is 2.85. The number of aliphatic hydroxyl groups is 3. The number of H-pyrrole nitrogens is 1. The molecule has 1 aliphatic rings. The van der Waals surface area contributed by atoms with Gasteiger partial charge in [-0.1, -0.05) is 11.8 Å². The molecule has 10 heteroatoms. The highest BCUT2D eigenvalue weighted by Gasteiger charge is 2.44. The standard InChI is InChI=1S/C12H16N4O4S2/c1-21-11-7-5(13-12(14-11)22-2)6(15-16-7)10-9(19)8(18)4(3-17)20-10/h4,8-10,17-19H,3H2,1-2H3,(H,15,16)/t4-,8-,9-,10+/m1/s1. The molecular weight excluding hydrogens is 328 g/mol. The van der Waals surface area contributed by atoms with E-state index in [2.05, 4.69) is 20.2 Å². The summed E-state index contributed by atoms with van der Waals surface area (Å²) in [5, 5.41) is 37.6. The Morgan fingerprint density at radius 2 is 1.91 bits per heavy atom. The second-order valence-corrected chi connectivity index (χ2v) is 6.38. The first-order chi connectivity index (χ1) is 10.6. The first kappa shape index (κ1) is 16.0. The zero-order valence-corrected chi connectivity index (χ0v) is 13.6. The number of hydrogen-bond donors (Lipinski definition) is 4. The van der Waals surface area contributed by atoms with Crippen molar-refractivity contribution in [2.45, 2.75) is 34.6 Å². The average Bonchev–Trinajstić information content (AvgIpc) is 3.08. The van der Waals surface area contributed by atoms with Crippen molar-refractivity contribution in [1.29, 1.82) is 0 Å². The Bertz CT molecular complexity index is 682. The third-order valence-corrected chi connectivity index (χ3v) is 4.80. The van der Waals surface area contributed by atoms with Gasteiger partial charge < -0.3 is 20.1 Å². The molecule has 1 saturated heterocycles. The van der Waals surface area contributed by atoms with Crippen molar-refractivity contribution in [2.24, 2.45) is 0 Å². The van der Waals surface area contributed by atoms with Crippen LogP contribution in [0.3, 0.4) is 0 Å². The van der Waals surface area contributed by atoms with E-state index in [1.807, 2.05) is 12.5 Å². The van der Waals surface area contributed by atoms with Crippen LogP contribution in [0.2, 0.25) is 0 Å². The van der Waals surface area contributed by atoms with Gasteiger partial charge in [0.1, 0.15) is 40.5 Å². The second-order valence-electron chi connectivity index (χ2n) is 4.81. The molecule has 3 rings (SSSR count). The highest BCUT2D eigenvalue weighted by atomic mass is 32.2. The Labute approximate surface area is 134 Å². The van der Waals surface area contributed by atoms with Crippen LogP contribution in [-0.2, 0) is 4.74 Å². The van der Waals surface area contributed by atoms with Gasteiger partial charge in [-0.2, -0.15) is 5.10 Å². The van der Waals surface area contributed by atoms with Crippen molar-refractivity contribution < 1.29 is 20.1 Å². The molecule has 0 saturated carbocycles. The number of hydrogen-bond acceptors (Lipinski definition) is 9. The number of aromatic nitrogens is 4. The van der Waals surface area contributed by atoms with Gasteiger partial charge in [0.25, 0.3) is 0 Å². The maximum Gasteiger partial charge on any atom is 0.189 e. The molecule has 22 heavy (non-hydrogen) atoms. The van der Waals surface area contributed by atoms with Crippen LogP contribution in [0, 0.1) is 0 Å². The zero-order valence-electron chi connectivity index (χ0n) is 11.9. The molecule has 4 N–H and O–H groups in total. The summed E-state index contributed by atoms with van der Waals surface area (Å²) in [4.78, 5) is 8.81. The van der Waals surface area contributed by atoms with Crippen LogP contribution in [0.15, 0.2) is 10.2 Å². The lowest BCUT2D eigenvalue weighted by atomic mass is 10.1.